The Balaban J connectivity index is 2.90. The van der Waals surface area contributed by atoms with Gasteiger partial charge >= 0.3 is 12.1 Å². The van der Waals surface area contributed by atoms with Gasteiger partial charge in [0, 0.05) is 0 Å². The van der Waals surface area contributed by atoms with Gasteiger partial charge in [-0.2, -0.15) is 13.2 Å². The molecule has 0 aliphatic rings. The highest BCUT2D eigenvalue weighted by molar-refractivity contribution is 5.71. The van der Waals surface area contributed by atoms with Gasteiger partial charge in [0.1, 0.15) is 5.75 Å². The van der Waals surface area contributed by atoms with Crippen LogP contribution in [0.5, 0.6) is 5.75 Å². The summed E-state index contributed by atoms with van der Waals surface area (Å²) in [5, 5.41) is 8.55. The minimum atomic E-state index is -4.76. The van der Waals surface area contributed by atoms with Gasteiger partial charge in [-0.05, 0) is 24.1 Å². The molecule has 1 N–H and O–H groups in total. The van der Waals surface area contributed by atoms with Crippen molar-refractivity contribution in [1.29, 1.82) is 0 Å². The summed E-state index contributed by atoms with van der Waals surface area (Å²) >= 11 is 0. The Morgan fingerprint density at radius 2 is 2.12 bits per heavy atom. The molecule has 0 saturated heterocycles. The van der Waals surface area contributed by atoms with Gasteiger partial charge in [0.05, 0.1) is 7.11 Å². The lowest BCUT2D eigenvalue weighted by Crippen LogP contribution is -2.32. The van der Waals surface area contributed by atoms with Gasteiger partial charge in [0.15, 0.2) is 5.92 Å². The first-order valence-corrected chi connectivity index (χ1v) is 4.77. The number of methoxy groups -OCH3 is 1. The van der Waals surface area contributed by atoms with E-state index in [0.717, 1.165) is 0 Å². The second-order valence-corrected chi connectivity index (χ2v) is 3.49. The number of benzene rings is 1. The fraction of sp³-hybridized carbons (Fsp3) is 0.364. The van der Waals surface area contributed by atoms with Crippen LogP contribution in [0.1, 0.15) is 5.56 Å². The maximum atomic E-state index is 12.4. The van der Waals surface area contributed by atoms with Crippen LogP contribution in [0.2, 0.25) is 0 Å². The second-order valence-electron chi connectivity index (χ2n) is 3.49. The SMILES string of the molecule is COc1cccc(CC(C(=O)O)C(F)(F)F)c1. The van der Waals surface area contributed by atoms with Crippen molar-refractivity contribution in [2.24, 2.45) is 5.92 Å². The summed E-state index contributed by atoms with van der Waals surface area (Å²) < 4.78 is 42.1. The molecular formula is C11H11F3O3. The van der Waals surface area contributed by atoms with Gasteiger partial charge in [0.2, 0.25) is 0 Å². The Labute approximate surface area is 95.8 Å². The fourth-order valence-electron chi connectivity index (χ4n) is 1.38. The highest BCUT2D eigenvalue weighted by Crippen LogP contribution is 2.30. The van der Waals surface area contributed by atoms with E-state index >= 15 is 0 Å². The van der Waals surface area contributed by atoms with Gasteiger partial charge in [-0.15, -0.1) is 0 Å². The third-order valence-corrected chi connectivity index (χ3v) is 2.27. The van der Waals surface area contributed by atoms with Crippen molar-refractivity contribution >= 4 is 5.97 Å². The zero-order chi connectivity index (χ0) is 13.1. The second kappa shape index (κ2) is 5.07. The molecule has 0 saturated carbocycles. The van der Waals surface area contributed by atoms with E-state index in [1.807, 2.05) is 0 Å². The lowest BCUT2D eigenvalue weighted by atomic mass is 9.99. The number of hydrogen-bond acceptors (Lipinski definition) is 2. The average molecular weight is 248 g/mol. The van der Waals surface area contributed by atoms with Gasteiger partial charge in [-0.3, -0.25) is 4.79 Å². The fourth-order valence-corrected chi connectivity index (χ4v) is 1.38. The van der Waals surface area contributed by atoms with Crippen LogP contribution >= 0.6 is 0 Å². The summed E-state index contributed by atoms with van der Waals surface area (Å²) in [6, 6.07) is 5.92. The van der Waals surface area contributed by atoms with Crippen LogP contribution < -0.4 is 4.74 Å². The van der Waals surface area contributed by atoms with Crippen molar-refractivity contribution in [3.63, 3.8) is 0 Å². The summed E-state index contributed by atoms with van der Waals surface area (Å²) in [6.45, 7) is 0. The predicted molar refractivity (Wildman–Crippen MR) is 53.9 cm³/mol. The number of halogens is 3. The third kappa shape index (κ3) is 3.65. The van der Waals surface area contributed by atoms with E-state index in [1.54, 1.807) is 6.07 Å². The zero-order valence-corrected chi connectivity index (χ0v) is 8.99. The molecule has 6 heteroatoms. The standard InChI is InChI=1S/C11H11F3O3/c1-17-8-4-2-3-7(5-8)6-9(10(15)16)11(12,13)14/h2-5,9H,6H2,1H3,(H,15,16). The molecule has 3 nitrogen and oxygen atoms in total. The zero-order valence-electron chi connectivity index (χ0n) is 8.99. The molecule has 0 fully saturated rings. The number of carboxylic acids is 1. The van der Waals surface area contributed by atoms with Crippen molar-refractivity contribution in [2.75, 3.05) is 7.11 Å². The van der Waals surface area contributed by atoms with Crippen LogP contribution in [0.25, 0.3) is 0 Å². The van der Waals surface area contributed by atoms with Crippen LogP contribution in [-0.2, 0) is 11.2 Å². The van der Waals surface area contributed by atoms with E-state index in [0.29, 0.717) is 5.75 Å². The van der Waals surface area contributed by atoms with Crippen molar-refractivity contribution in [1.82, 2.24) is 0 Å². The number of hydrogen-bond donors (Lipinski definition) is 1. The van der Waals surface area contributed by atoms with E-state index < -0.39 is 24.5 Å². The first-order valence-electron chi connectivity index (χ1n) is 4.77. The Hall–Kier alpha value is -1.72. The highest BCUT2D eigenvalue weighted by Gasteiger charge is 2.44. The molecule has 0 aliphatic carbocycles. The number of rotatable bonds is 4. The average Bonchev–Trinajstić information content (AvgIpc) is 2.24. The van der Waals surface area contributed by atoms with E-state index in [2.05, 4.69) is 0 Å². The van der Waals surface area contributed by atoms with Gasteiger partial charge in [-0.25, -0.2) is 0 Å². The van der Waals surface area contributed by atoms with E-state index in [1.165, 1.54) is 25.3 Å². The van der Waals surface area contributed by atoms with Crippen LogP contribution in [-0.4, -0.2) is 24.4 Å². The first kappa shape index (κ1) is 13.3. The lowest BCUT2D eigenvalue weighted by Gasteiger charge is -2.16. The number of aliphatic carboxylic acids is 1. The smallest absolute Gasteiger partial charge is 0.402 e. The quantitative estimate of drug-likeness (QED) is 0.890. The molecule has 1 aromatic carbocycles. The number of carbonyl (C=O) groups is 1. The van der Waals surface area contributed by atoms with Crippen molar-refractivity contribution in [3.05, 3.63) is 29.8 Å². The Bertz CT molecular complexity index is 401. The molecule has 1 atom stereocenters. The summed E-state index contributed by atoms with van der Waals surface area (Å²) in [7, 11) is 1.39. The van der Waals surface area contributed by atoms with Gasteiger partial charge < -0.3 is 9.84 Å². The molecule has 17 heavy (non-hydrogen) atoms. The molecule has 0 aliphatic heterocycles. The Morgan fingerprint density at radius 3 is 2.59 bits per heavy atom. The van der Waals surface area contributed by atoms with E-state index in [4.69, 9.17) is 9.84 Å². The number of ether oxygens (including phenoxy) is 1. The molecule has 0 aromatic heterocycles. The van der Waals surface area contributed by atoms with Crippen LogP contribution in [0.4, 0.5) is 13.2 Å². The molecule has 0 spiro atoms. The number of carboxylic acid groups (broad SMARTS) is 1. The monoisotopic (exact) mass is 248 g/mol. The molecular weight excluding hydrogens is 237 g/mol. The topological polar surface area (TPSA) is 46.5 Å². The van der Waals surface area contributed by atoms with Crippen LogP contribution in [0.3, 0.4) is 0 Å². The maximum Gasteiger partial charge on any atom is 0.402 e. The van der Waals surface area contributed by atoms with Gasteiger partial charge in [0.25, 0.3) is 0 Å². The molecule has 1 rings (SSSR count). The van der Waals surface area contributed by atoms with Crippen molar-refractivity contribution in [2.45, 2.75) is 12.6 Å². The normalized spacial score (nSPS) is 13.2. The number of alkyl halides is 3. The predicted octanol–water partition coefficient (Wildman–Crippen LogP) is 2.50. The maximum absolute atomic E-state index is 12.4. The minimum Gasteiger partial charge on any atom is -0.497 e. The summed E-state index contributed by atoms with van der Waals surface area (Å²) in [5.41, 5.74) is 0.272. The minimum absolute atomic E-state index is 0.272. The summed E-state index contributed by atoms with van der Waals surface area (Å²) in [4.78, 5) is 10.6. The summed E-state index contributed by atoms with van der Waals surface area (Å²) in [5.74, 6) is -3.87. The molecule has 1 aromatic rings. The Kier molecular flexibility index (Phi) is 3.98. The molecule has 1 unspecified atom stereocenters. The first-order chi connectivity index (χ1) is 7.84. The molecule has 0 radical (unpaired) electrons. The largest absolute Gasteiger partial charge is 0.497 e. The highest BCUT2D eigenvalue weighted by atomic mass is 19.4. The van der Waals surface area contributed by atoms with Crippen LogP contribution in [0, 0.1) is 5.92 Å². The van der Waals surface area contributed by atoms with E-state index in [9.17, 15) is 18.0 Å². The van der Waals surface area contributed by atoms with Crippen LogP contribution in [0.15, 0.2) is 24.3 Å². The molecule has 0 bridgehead atoms. The molecule has 94 valence electrons. The van der Waals surface area contributed by atoms with Crippen molar-refractivity contribution < 1.29 is 27.8 Å². The molecule has 0 amide bonds. The van der Waals surface area contributed by atoms with Gasteiger partial charge in [-0.1, -0.05) is 12.1 Å². The molecule has 0 heterocycles. The van der Waals surface area contributed by atoms with Crippen molar-refractivity contribution in [3.8, 4) is 5.75 Å². The Morgan fingerprint density at radius 1 is 1.47 bits per heavy atom. The lowest BCUT2D eigenvalue weighted by molar-refractivity contribution is -0.193. The van der Waals surface area contributed by atoms with E-state index in [-0.39, 0.29) is 5.56 Å². The third-order valence-electron chi connectivity index (χ3n) is 2.27. The summed E-state index contributed by atoms with van der Waals surface area (Å²) in [6.07, 6.45) is -5.36.